The molecule has 122 valence electrons. The predicted molar refractivity (Wildman–Crippen MR) is 96.0 cm³/mol. The average Bonchev–Trinajstić information content (AvgIpc) is 2.60. The van der Waals surface area contributed by atoms with E-state index in [9.17, 15) is 4.79 Å². The number of aryl methyl sites for hydroxylation is 1. The zero-order valence-corrected chi connectivity index (χ0v) is 14.0. The predicted octanol–water partition coefficient (Wildman–Crippen LogP) is 3.72. The maximum atomic E-state index is 12.2. The van der Waals surface area contributed by atoms with Gasteiger partial charge in [-0.3, -0.25) is 9.78 Å². The maximum absolute atomic E-state index is 12.2. The highest BCUT2D eigenvalue weighted by molar-refractivity contribution is 6.30. The fourth-order valence-corrected chi connectivity index (χ4v) is 2.41. The summed E-state index contributed by atoms with van der Waals surface area (Å²) in [6.45, 7) is 2.10. The standard InChI is InChI=1S/C18H17ClN4O/c1-2-12-5-9-15(10-6-12)20-18-21-17(24)16(22-23-18)11-13-3-7-14(19)8-4-13/h3-10H,2,11H2,1H3,(H2,20,21,23,24). The largest absolute Gasteiger partial charge is 0.324 e. The number of hydrogen-bond donors (Lipinski definition) is 2. The second-order valence-electron chi connectivity index (χ2n) is 5.43. The monoisotopic (exact) mass is 340 g/mol. The second kappa shape index (κ2) is 7.27. The third-order valence-corrected chi connectivity index (χ3v) is 3.93. The van der Waals surface area contributed by atoms with Crippen LogP contribution in [-0.2, 0) is 12.8 Å². The molecule has 0 amide bonds. The maximum Gasteiger partial charge on any atom is 0.274 e. The van der Waals surface area contributed by atoms with E-state index in [1.807, 2.05) is 36.4 Å². The van der Waals surface area contributed by atoms with Crippen LogP contribution in [0.5, 0.6) is 0 Å². The van der Waals surface area contributed by atoms with Crippen LogP contribution >= 0.6 is 11.6 Å². The Morgan fingerprint density at radius 3 is 2.29 bits per heavy atom. The molecule has 2 N–H and O–H groups in total. The topological polar surface area (TPSA) is 70.7 Å². The van der Waals surface area contributed by atoms with Crippen molar-refractivity contribution in [2.75, 3.05) is 5.32 Å². The van der Waals surface area contributed by atoms with E-state index in [1.165, 1.54) is 5.56 Å². The van der Waals surface area contributed by atoms with Gasteiger partial charge in [-0.1, -0.05) is 42.8 Å². The molecule has 0 spiro atoms. The molecule has 0 aliphatic carbocycles. The van der Waals surface area contributed by atoms with Crippen molar-refractivity contribution >= 4 is 23.2 Å². The normalized spacial score (nSPS) is 10.6. The first-order chi connectivity index (χ1) is 11.6. The molecule has 0 unspecified atom stereocenters. The van der Waals surface area contributed by atoms with E-state index in [1.54, 1.807) is 12.1 Å². The van der Waals surface area contributed by atoms with Crippen molar-refractivity contribution in [3.8, 4) is 0 Å². The van der Waals surface area contributed by atoms with Gasteiger partial charge in [0.25, 0.3) is 5.56 Å². The van der Waals surface area contributed by atoms with Gasteiger partial charge < -0.3 is 5.32 Å². The number of anilines is 2. The van der Waals surface area contributed by atoms with Gasteiger partial charge in [-0.05, 0) is 41.8 Å². The van der Waals surface area contributed by atoms with Crippen molar-refractivity contribution in [1.29, 1.82) is 0 Å². The number of aromatic nitrogens is 3. The molecular formula is C18H17ClN4O. The average molecular weight is 341 g/mol. The van der Waals surface area contributed by atoms with E-state index < -0.39 is 0 Å². The summed E-state index contributed by atoms with van der Waals surface area (Å²) in [5, 5.41) is 11.8. The number of H-pyrrole nitrogens is 1. The summed E-state index contributed by atoms with van der Waals surface area (Å²) in [5.74, 6) is 0.323. The van der Waals surface area contributed by atoms with Gasteiger partial charge in [-0.2, -0.15) is 0 Å². The van der Waals surface area contributed by atoms with Gasteiger partial charge in [0.15, 0.2) is 0 Å². The molecule has 0 fully saturated rings. The molecule has 0 aliphatic heterocycles. The first-order valence-electron chi connectivity index (χ1n) is 7.70. The number of rotatable bonds is 5. The van der Waals surface area contributed by atoms with Gasteiger partial charge in [0, 0.05) is 17.1 Å². The van der Waals surface area contributed by atoms with Crippen LogP contribution in [0.2, 0.25) is 5.02 Å². The highest BCUT2D eigenvalue weighted by atomic mass is 35.5. The van der Waals surface area contributed by atoms with Crippen molar-refractivity contribution in [1.82, 2.24) is 15.2 Å². The van der Waals surface area contributed by atoms with Gasteiger partial charge in [-0.25, -0.2) is 0 Å². The lowest BCUT2D eigenvalue weighted by atomic mass is 10.1. The van der Waals surface area contributed by atoms with Crippen LogP contribution in [0.4, 0.5) is 11.6 Å². The first kappa shape index (κ1) is 16.2. The van der Waals surface area contributed by atoms with Crippen LogP contribution in [0, 0.1) is 0 Å². The van der Waals surface area contributed by atoms with Gasteiger partial charge >= 0.3 is 0 Å². The highest BCUT2D eigenvalue weighted by Crippen LogP contribution is 2.14. The Kier molecular flexibility index (Phi) is 4.91. The SMILES string of the molecule is CCc1ccc(Nc2nnc(Cc3ccc(Cl)cc3)c(=O)[nH]2)cc1. The Bertz CT molecular complexity index is 873. The van der Waals surface area contributed by atoms with Gasteiger partial charge in [0.05, 0.1) is 0 Å². The minimum Gasteiger partial charge on any atom is -0.324 e. The molecule has 3 aromatic rings. The Morgan fingerprint density at radius 2 is 1.67 bits per heavy atom. The van der Waals surface area contributed by atoms with Crippen LogP contribution in [-0.4, -0.2) is 15.2 Å². The van der Waals surface area contributed by atoms with Crippen LogP contribution in [0.1, 0.15) is 23.7 Å². The molecular weight excluding hydrogens is 324 g/mol. The van der Waals surface area contributed by atoms with Crippen LogP contribution in [0.15, 0.2) is 53.3 Å². The fourth-order valence-electron chi connectivity index (χ4n) is 2.29. The third kappa shape index (κ3) is 4.00. The summed E-state index contributed by atoms with van der Waals surface area (Å²) in [6.07, 6.45) is 1.39. The van der Waals surface area contributed by atoms with Crippen LogP contribution in [0.25, 0.3) is 0 Å². The summed E-state index contributed by atoms with van der Waals surface area (Å²) < 4.78 is 0. The molecule has 0 atom stereocenters. The number of hydrogen-bond acceptors (Lipinski definition) is 4. The molecule has 0 saturated heterocycles. The van der Waals surface area contributed by atoms with Crippen molar-refractivity contribution in [2.24, 2.45) is 0 Å². The second-order valence-corrected chi connectivity index (χ2v) is 5.86. The van der Waals surface area contributed by atoms with Gasteiger partial charge in [0.2, 0.25) is 5.95 Å². The van der Waals surface area contributed by atoms with Crippen molar-refractivity contribution in [3.63, 3.8) is 0 Å². The fraction of sp³-hybridized carbons (Fsp3) is 0.167. The molecule has 6 heteroatoms. The summed E-state index contributed by atoms with van der Waals surface area (Å²) in [6, 6.07) is 15.3. The van der Waals surface area contributed by atoms with Gasteiger partial charge in [0.1, 0.15) is 5.69 Å². The molecule has 0 saturated carbocycles. The molecule has 5 nitrogen and oxygen atoms in total. The van der Waals surface area contributed by atoms with E-state index in [4.69, 9.17) is 11.6 Å². The highest BCUT2D eigenvalue weighted by Gasteiger charge is 2.06. The Morgan fingerprint density at radius 1 is 1.00 bits per heavy atom. The smallest absolute Gasteiger partial charge is 0.274 e. The van der Waals surface area contributed by atoms with E-state index in [2.05, 4.69) is 27.4 Å². The molecule has 3 rings (SSSR count). The van der Waals surface area contributed by atoms with Crippen molar-refractivity contribution < 1.29 is 0 Å². The molecule has 24 heavy (non-hydrogen) atoms. The summed E-state index contributed by atoms with van der Waals surface area (Å²) >= 11 is 5.86. The minimum absolute atomic E-state index is 0.257. The first-order valence-corrected chi connectivity index (χ1v) is 8.08. The summed E-state index contributed by atoms with van der Waals surface area (Å²) in [4.78, 5) is 14.9. The van der Waals surface area contributed by atoms with E-state index >= 15 is 0 Å². The number of nitrogens with one attached hydrogen (secondary N) is 2. The zero-order chi connectivity index (χ0) is 16.9. The Balaban J connectivity index is 1.74. The lowest BCUT2D eigenvalue weighted by molar-refractivity contribution is 0.874. The van der Waals surface area contributed by atoms with E-state index in [0.717, 1.165) is 17.7 Å². The lowest BCUT2D eigenvalue weighted by Gasteiger charge is -2.06. The minimum atomic E-state index is -0.257. The van der Waals surface area contributed by atoms with Crippen LogP contribution < -0.4 is 10.9 Å². The molecule has 2 aromatic carbocycles. The van der Waals surface area contributed by atoms with Crippen molar-refractivity contribution in [2.45, 2.75) is 19.8 Å². The number of aromatic amines is 1. The third-order valence-electron chi connectivity index (χ3n) is 3.67. The summed E-state index contributed by atoms with van der Waals surface area (Å²) in [5.41, 5.74) is 3.16. The van der Waals surface area contributed by atoms with E-state index in [-0.39, 0.29) is 5.56 Å². The molecule has 1 heterocycles. The van der Waals surface area contributed by atoms with E-state index in [0.29, 0.717) is 23.1 Å². The number of nitrogens with zero attached hydrogens (tertiary/aromatic N) is 2. The summed E-state index contributed by atoms with van der Waals surface area (Å²) in [7, 11) is 0. The molecule has 0 bridgehead atoms. The molecule has 0 aliphatic rings. The number of halogens is 1. The van der Waals surface area contributed by atoms with Gasteiger partial charge in [-0.15, -0.1) is 10.2 Å². The zero-order valence-electron chi connectivity index (χ0n) is 13.2. The van der Waals surface area contributed by atoms with Crippen molar-refractivity contribution in [3.05, 3.63) is 80.7 Å². The number of benzene rings is 2. The van der Waals surface area contributed by atoms with Crippen LogP contribution in [0.3, 0.4) is 0 Å². The quantitative estimate of drug-likeness (QED) is 0.742. The molecule has 0 radical (unpaired) electrons. The molecule has 1 aromatic heterocycles. The Hall–Kier alpha value is -2.66. The Labute approximate surface area is 144 Å². The lowest BCUT2D eigenvalue weighted by Crippen LogP contribution is -2.18.